The molecule has 1 saturated carbocycles. The number of rotatable bonds is 4. The van der Waals surface area contributed by atoms with Gasteiger partial charge in [0, 0.05) is 35.4 Å². The van der Waals surface area contributed by atoms with Crippen LogP contribution in [0.1, 0.15) is 56.6 Å². The summed E-state index contributed by atoms with van der Waals surface area (Å²) in [5.41, 5.74) is 10.8. The normalized spacial score (nSPS) is 21.2. The number of para-hydroxylation sites is 1. The molecule has 3 N–H and O–H groups in total. The summed E-state index contributed by atoms with van der Waals surface area (Å²) in [5.74, 6) is 0.474. The molecule has 3 heterocycles. The summed E-state index contributed by atoms with van der Waals surface area (Å²) in [5, 5.41) is 1.17. The second-order valence-corrected chi connectivity index (χ2v) is 8.84. The van der Waals surface area contributed by atoms with Crippen molar-refractivity contribution in [1.29, 1.82) is 0 Å². The lowest BCUT2D eigenvalue weighted by Crippen LogP contribution is -2.48. The Balaban J connectivity index is 1.41. The molecule has 0 bridgehead atoms. The van der Waals surface area contributed by atoms with Gasteiger partial charge in [-0.1, -0.05) is 37.5 Å². The van der Waals surface area contributed by atoms with Crippen LogP contribution >= 0.6 is 0 Å². The number of carbonyl (C=O) groups excluding carboxylic acids is 1. The van der Waals surface area contributed by atoms with Gasteiger partial charge in [-0.15, -0.1) is 0 Å². The van der Waals surface area contributed by atoms with Gasteiger partial charge >= 0.3 is 0 Å². The minimum absolute atomic E-state index is 0.0964. The van der Waals surface area contributed by atoms with Crippen molar-refractivity contribution in [1.82, 2.24) is 14.9 Å². The lowest BCUT2D eigenvalue weighted by Gasteiger charge is -2.32. The number of likely N-dealkylation sites (tertiary alicyclic amines) is 1. The van der Waals surface area contributed by atoms with Crippen LogP contribution < -0.4 is 5.73 Å². The van der Waals surface area contributed by atoms with E-state index in [9.17, 15) is 4.79 Å². The Labute approximate surface area is 177 Å². The van der Waals surface area contributed by atoms with Crippen molar-refractivity contribution in [2.45, 2.75) is 57.0 Å². The number of hydrogen-bond acceptors (Lipinski definition) is 3. The highest BCUT2D eigenvalue weighted by Crippen LogP contribution is 2.36. The second-order valence-electron chi connectivity index (χ2n) is 8.84. The van der Waals surface area contributed by atoms with Crippen LogP contribution in [-0.4, -0.2) is 33.4 Å². The number of aromatic nitrogens is 2. The zero-order valence-corrected chi connectivity index (χ0v) is 17.4. The van der Waals surface area contributed by atoms with Crippen LogP contribution in [0, 0.1) is 5.92 Å². The Kier molecular flexibility index (Phi) is 5.30. The first-order chi connectivity index (χ1) is 14.7. The fourth-order valence-corrected chi connectivity index (χ4v) is 5.35. The van der Waals surface area contributed by atoms with Crippen molar-refractivity contribution >= 4 is 16.8 Å². The number of fused-ring (bicyclic) bond motifs is 1. The van der Waals surface area contributed by atoms with Gasteiger partial charge < -0.3 is 15.6 Å². The van der Waals surface area contributed by atoms with E-state index in [0.717, 1.165) is 54.6 Å². The van der Waals surface area contributed by atoms with E-state index >= 15 is 0 Å². The van der Waals surface area contributed by atoms with Crippen LogP contribution in [0.25, 0.3) is 22.2 Å². The molecule has 2 aliphatic rings. The summed E-state index contributed by atoms with van der Waals surface area (Å²) in [6.07, 6.45) is 11.8. The monoisotopic (exact) mass is 402 g/mol. The van der Waals surface area contributed by atoms with Crippen LogP contribution in [0.5, 0.6) is 0 Å². The number of hydrogen-bond donors (Lipinski definition) is 2. The van der Waals surface area contributed by atoms with E-state index in [-0.39, 0.29) is 18.0 Å². The lowest BCUT2D eigenvalue weighted by atomic mass is 9.83. The lowest BCUT2D eigenvalue weighted by molar-refractivity contribution is -0.135. The van der Waals surface area contributed by atoms with Gasteiger partial charge in [-0.05, 0) is 55.4 Å². The zero-order valence-electron chi connectivity index (χ0n) is 17.4. The summed E-state index contributed by atoms with van der Waals surface area (Å²) < 4.78 is 0. The van der Waals surface area contributed by atoms with Gasteiger partial charge in [-0.3, -0.25) is 9.78 Å². The standard InChI is InChI=1S/C25H30N4O/c26-24(17-7-2-1-3-8-17)25(30)29-14-6-11-23(29)18-12-13-27-22(15-18)20-16-28-21-10-5-4-9-19(20)21/h4-5,9-10,12-13,15-17,23-24,28H,1-3,6-8,11,14,26H2. The molecular formula is C25H30N4O. The molecule has 1 amide bonds. The van der Waals surface area contributed by atoms with Gasteiger partial charge in [0.2, 0.25) is 5.91 Å². The quantitative estimate of drug-likeness (QED) is 0.658. The van der Waals surface area contributed by atoms with E-state index in [1.807, 2.05) is 29.4 Å². The molecule has 156 valence electrons. The summed E-state index contributed by atoms with van der Waals surface area (Å²) >= 11 is 0. The maximum atomic E-state index is 13.3. The average Bonchev–Trinajstić information content (AvgIpc) is 3.46. The van der Waals surface area contributed by atoms with Crippen molar-refractivity contribution in [2.24, 2.45) is 11.7 Å². The summed E-state index contributed by atoms with van der Waals surface area (Å²) in [4.78, 5) is 23.3. The SMILES string of the molecule is NC(C(=O)N1CCCC1c1ccnc(-c2c[nH]c3ccccc23)c1)C1CCCCC1. The Bertz CT molecular complexity index is 1040. The molecule has 5 heteroatoms. The Morgan fingerprint density at radius 2 is 1.93 bits per heavy atom. The maximum absolute atomic E-state index is 13.3. The number of pyridine rings is 1. The van der Waals surface area contributed by atoms with Gasteiger partial charge in [-0.25, -0.2) is 0 Å². The van der Waals surface area contributed by atoms with Crippen molar-refractivity contribution in [3.63, 3.8) is 0 Å². The molecule has 0 radical (unpaired) electrons. The third-order valence-corrected chi connectivity index (χ3v) is 7.01. The van der Waals surface area contributed by atoms with Gasteiger partial charge in [0.15, 0.2) is 0 Å². The van der Waals surface area contributed by atoms with E-state index in [0.29, 0.717) is 5.92 Å². The second kappa shape index (κ2) is 8.23. The van der Waals surface area contributed by atoms with Crippen molar-refractivity contribution in [3.8, 4) is 11.3 Å². The molecule has 5 nitrogen and oxygen atoms in total. The Hall–Kier alpha value is -2.66. The summed E-state index contributed by atoms with van der Waals surface area (Å²) in [7, 11) is 0. The van der Waals surface area contributed by atoms with Gasteiger partial charge in [-0.2, -0.15) is 0 Å². The predicted octanol–water partition coefficient (Wildman–Crippen LogP) is 4.80. The van der Waals surface area contributed by atoms with Crippen molar-refractivity contribution < 1.29 is 4.79 Å². The first-order valence-corrected chi connectivity index (χ1v) is 11.3. The van der Waals surface area contributed by atoms with E-state index in [1.54, 1.807) is 0 Å². The van der Waals surface area contributed by atoms with E-state index in [4.69, 9.17) is 5.73 Å². The van der Waals surface area contributed by atoms with Gasteiger partial charge in [0.25, 0.3) is 0 Å². The van der Waals surface area contributed by atoms with Crippen LogP contribution in [-0.2, 0) is 4.79 Å². The minimum Gasteiger partial charge on any atom is -0.360 e. The number of carbonyl (C=O) groups is 1. The molecule has 2 aromatic heterocycles. The molecule has 1 aromatic carbocycles. The number of amides is 1. The number of nitrogens with zero attached hydrogens (tertiary/aromatic N) is 2. The highest BCUT2D eigenvalue weighted by molar-refractivity contribution is 5.94. The van der Waals surface area contributed by atoms with Crippen LogP contribution in [0.4, 0.5) is 0 Å². The van der Waals surface area contributed by atoms with Gasteiger partial charge in [0.1, 0.15) is 0 Å². The third kappa shape index (κ3) is 3.52. The van der Waals surface area contributed by atoms with Crippen LogP contribution in [0.15, 0.2) is 48.8 Å². The number of H-pyrrole nitrogens is 1. The van der Waals surface area contributed by atoms with E-state index in [1.165, 1.54) is 24.6 Å². The third-order valence-electron chi connectivity index (χ3n) is 7.01. The summed E-state index contributed by atoms with van der Waals surface area (Å²) in [6, 6.07) is 12.2. The first kappa shape index (κ1) is 19.3. The molecule has 1 aliphatic carbocycles. The predicted molar refractivity (Wildman–Crippen MR) is 120 cm³/mol. The first-order valence-electron chi connectivity index (χ1n) is 11.3. The molecule has 3 aromatic rings. The summed E-state index contributed by atoms with van der Waals surface area (Å²) in [6.45, 7) is 0.800. The van der Waals surface area contributed by atoms with E-state index in [2.05, 4.69) is 34.2 Å². The van der Waals surface area contributed by atoms with E-state index < -0.39 is 0 Å². The molecule has 1 aliphatic heterocycles. The zero-order chi connectivity index (χ0) is 20.5. The molecule has 2 unspecified atom stereocenters. The van der Waals surface area contributed by atoms with Gasteiger partial charge in [0.05, 0.1) is 17.8 Å². The molecular weight excluding hydrogens is 372 g/mol. The number of benzene rings is 1. The van der Waals surface area contributed by atoms with Crippen molar-refractivity contribution in [2.75, 3.05) is 6.54 Å². The smallest absolute Gasteiger partial charge is 0.240 e. The van der Waals surface area contributed by atoms with Crippen LogP contribution in [0.3, 0.4) is 0 Å². The molecule has 2 atom stereocenters. The largest absolute Gasteiger partial charge is 0.360 e. The minimum atomic E-state index is -0.360. The highest BCUT2D eigenvalue weighted by Gasteiger charge is 2.36. The number of nitrogens with two attached hydrogens (primary N) is 1. The molecule has 5 rings (SSSR count). The number of aromatic amines is 1. The Morgan fingerprint density at radius 1 is 1.10 bits per heavy atom. The number of nitrogens with one attached hydrogen (secondary N) is 1. The highest BCUT2D eigenvalue weighted by atomic mass is 16.2. The van der Waals surface area contributed by atoms with Crippen LogP contribution in [0.2, 0.25) is 0 Å². The van der Waals surface area contributed by atoms with Crippen molar-refractivity contribution in [3.05, 3.63) is 54.4 Å². The molecule has 30 heavy (non-hydrogen) atoms. The fraction of sp³-hybridized carbons (Fsp3) is 0.440. The average molecular weight is 403 g/mol. The molecule has 0 spiro atoms. The Morgan fingerprint density at radius 3 is 2.80 bits per heavy atom. The molecule has 2 fully saturated rings. The molecule has 1 saturated heterocycles. The fourth-order valence-electron chi connectivity index (χ4n) is 5.35. The maximum Gasteiger partial charge on any atom is 0.240 e. The topological polar surface area (TPSA) is 75.0 Å².